The quantitative estimate of drug-likeness (QED) is 0.395. The van der Waals surface area contributed by atoms with Crippen molar-refractivity contribution in [1.29, 1.82) is 0 Å². The molecule has 0 spiro atoms. The number of hydrogen-bond donors (Lipinski definition) is 1. The Morgan fingerprint density at radius 3 is 2.26 bits per heavy atom. The summed E-state index contributed by atoms with van der Waals surface area (Å²) in [6, 6.07) is 4.21. The predicted molar refractivity (Wildman–Crippen MR) is 99.2 cm³/mol. The fourth-order valence-corrected chi connectivity index (χ4v) is 3.43. The van der Waals surface area contributed by atoms with Gasteiger partial charge in [-0.25, -0.2) is 0 Å². The first-order chi connectivity index (χ1) is 14.5. The molecule has 3 rings (SSSR count). The summed E-state index contributed by atoms with van der Waals surface area (Å²) >= 11 is 0.928. The number of halogens is 6. The van der Waals surface area contributed by atoms with E-state index in [1.807, 2.05) is 0 Å². The maximum atomic E-state index is 12.9. The van der Waals surface area contributed by atoms with E-state index in [4.69, 9.17) is 4.42 Å². The number of alkyl halides is 6. The zero-order valence-corrected chi connectivity index (χ0v) is 16.5. The Kier molecular flexibility index (Phi) is 6.34. The third-order valence-electron chi connectivity index (χ3n) is 3.98. The van der Waals surface area contributed by atoms with Crippen LogP contribution >= 0.6 is 11.8 Å². The summed E-state index contributed by atoms with van der Waals surface area (Å²) in [4.78, 5) is 12.2. The first-order valence-corrected chi connectivity index (χ1v) is 9.66. The van der Waals surface area contributed by atoms with Crippen LogP contribution < -0.4 is 5.32 Å². The first-order valence-electron chi connectivity index (χ1n) is 8.68. The van der Waals surface area contributed by atoms with Crippen LogP contribution in [0.4, 0.5) is 32.0 Å². The van der Waals surface area contributed by atoms with Gasteiger partial charge in [-0.1, -0.05) is 11.8 Å². The molecule has 0 aliphatic carbocycles. The lowest BCUT2D eigenvalue weighted by molar-refractivity contribution is -0.143. The SMILES string of the molecule is CCn1c(SCC(=O)Nc2cc(C(F)(F)F)cc(C(F)(F)F)c2)nnc1-c1ccco1. The van der Waals surface area contributed by atoms with Crippen molar-refractivity contribution in [1.82, 2.24) is 14.8 Å². The Labute approximate surface area is 175 Å². The minimum absolute atomic E-state index is 0.00963. The summed E-state index contributed by atoms with van der Waals surface area (Å²) in [5.74, 6) is -0.242. The summed E-state index contributed by atoms with van der Waals surface area (Å²) in [5.41, 5.74) is -3.64. The summed E-state index contributed by atoms with van der Waals surface area (Å²) in [6.45, 7) is 2.25. The van der Waals surface area contributed by atoms with Crippen LogP contribution in [0.5, 0.6) is 0 Å². The van der Waals surface area contributed by atoms with Gasteiger partial charge in [0.2, 0.25) is 5.91 Å². The number of hydrogen-bond acceptors (Lipinski definition) is 5. The smallest absolute Gasteiger partial charge is 0.416 e. The number of benzene rings is 1. The summed E-state index contributed by atoms with van der Waals surface area (Å²) in [6.07, 6.45) is -8.56. The second-order valence-corrected chi connectivity index (χ2v) is 7.10. The van der Waals surface area contributed by atoms with Crippen molar-refractivity contribution in [3.05, 3.63) is 47.7 Å². The fourth-order valence-electron chi connectivity index (χ4n) is 2.62. The molecular formula is C18H14F6N4O2S. The van der Waals surface area contributed by atoms with Gasteiger partial charge >= 0.3 is 12.4 Å². The van der Waals surface area contributed by atoms with E-state index in [0.29, 0.717) is 35.4 Å². The van der Waals surface area contributed by atoms with Gasteiger partial charge in [-0.05, 0) is 37.3 Å². The standard InChI is InChI=1S/C18H14F6N4O2S/c1-2-28-15(13-4-3-5-30-13)26-27-16(28)31-9-14(29)25-12-7-10(17(19,20)21)6-11(8-12)18(22,23)24/h3-8H,2,9H2,1H3,(H,25,29). The first kappa shape index (κ1) is 22.7. The van der Waals surface area contributed by atoms with E-state index in [1.165, 1.54) is 6.26 Å². The number of carbonyl (C=O) groups is 1. The number of anilines is 1. The number of aromatic nitrogens is 3. The molecule has 0 unspecified atom stereocenters. The second-order valence-electron chi connectivity index (χ2n) is 6.16. The molecule has 6 nitrogen and oxygen atoms in total. The topological polar surface area (TPSA) is 73.0 Å². The Bertz CT molecular complexity index is 1030. The molecule has 1 N–H and O–H groups in total. The van der Waals surface area contributed by atoms with E-state index in [-0.39, 0.29) is 11.8 Å². The molecule has 0 bridgehead atoms. The van der Waals surface area contributed by atoms with Gasteiger partial charge in [0.05, 0.1) is 23.1 Å². The van der Waals surface area contributed by atoms with E-state index in [2.05, 4.69) is 15.5 Å². The molecule has 0 fully saturated rings. The summed E-state index contributed by atoms with van der Waals surface area (Å²) in [7, 11) is 0. The lowest BCUT2D eigenvalue weighted by atomic mass is 10.1. The molecule has 0 radical (unpaired) electrons. The van der Waals surface area contributed by atoms with Crippen molar-refractivity contribution < 1.29 is 35.6 Å². The van der Waals surface area contributed by atoms with E-state index in [9.17, 15) is 31.1 Å². The highest BCUT2D eigenvalue weighted by molar-refractivity contribution is 7.99. The van der Waals surface area contributed by atoms with Gasteiger partial charge in [-0.2, -0.15) is 26.3 Å². The van der Waals surface area contributed by atoms with E-state index in [1.54, 1.807) is 23.6 Å². The highest BCUT2D eigenvalue weighted by atomic mass is 32.2. The molecule has 0 atom stereocenters. The molecule has 166 valence electrons. The van der Waals surface area contributed by atoms with Crippen LogP contribution in [0.2, 0.25) is 0 Å². The van der Waals surface area contributed by atoms with E-state index in [0.717, 1.165) is 11.8 Å². The average molecular weight is 464 g/mol. The van der Waals surface area contributed by atoms with Gasteiger partial charge < -0.3 is 9.73 Å². The van der Waals surface area contributed by atoms with Gasteiger partial charge in [0.25, 0.3) is 0 Å². The molecule has 3 aromatic rings. The normalized spacial score (nSPS) is 12.2. The van der Waals surface area contributed by atoms with Gasteiger partial charge in [0.15, 0.2) is 16.7 Å². The minimum Gasteiger partial charge on any atom is -0.461 e. The van der Waals surface area contributed by atoms with Crippen molar-refractivity contribution in [2.45, 2.75) is 31.0 Å². The van der Waals surface area contributed by atoms with Crippen molar-refractivity contribution >= 4 is 23.4 Å². The highest BCUT2D eigenvalue weighted by Crippen LogP contribution is 2.37. The molecule has 1 aromatic carbocycles. The Balaban J connectivity index is 1.74. The van der Waals surface area contributed by atoms with Crippen LogP contribution in [0.25, 0.3) is 11.6 Å². The van der Waals surface area contributed by atoms with Crippen molar-refractivity contribution in [3.63, 3.8) is 0 Å². The molecule has 0 aliphatic rings. The molecule has 1 amide bonds. The third kappa shape index (κ3) is 5.40. The van der Waals surface area contributed by atoms with Crippen LogP contribution in [0.15, 0.2) is 46.2 Å². The van der Waals surface area contributed by atoms with Crippen LogP contribution in [-0.2, 0) is 23.7 Å². The predicted octanol–water partition coefficient (Wildman–Crippen LogP) is 5.33. The van der Waals surface area contributed by atoms with Crippen LogP contribution in [0.1, 0.15) is 18.1 Å². The monoisotopic (exact) mass is 464 g/mol. The molecule has 2 heterocycles. The Hall–Kier alpha value is -2.96. The third-order valence-corrected chi connectivity index (χ3v) is 4.95. The number of nitrogens with one attached hydrogen (secondary N) is 1. The number of amides is 1. The fraction of sp³-hybridized carbons (Fsp3) is 0.278. The largest absolute Gasteiger partial charge is 0.461 e. The molecule has 31 heavy (non-hydrogen) atoms. The van der Waals surface area contributed by atoms with E-state index >= 15 is 0 Å². The van der Waals surface area contributed by atoms with Gasteiger partial charge in [-0.3, -0.25) is 9.36 Å². The molecule has 0 saturated heterocycles. The van der Waals surface area contributed by atoms with Gasteiger partial charge in [0.1, 0.15) is 0 Å². The molecule has 13 heteroatoms. The van der Waals surface area contributed by atoms with E-state index < -0.39 is 35.1 Å². The number of rotatable bonds is 6. The Morgan fingerprint density at radius 1 is 1.10 bits per heavy atom. The van der Waals surface area contributed by atoms with Gasteiger partial charge in [0, 0.05) is 12.2 Å². The van der Waals surface area contributed by atoms with Crippen molar-refractivity contribution in [2.75, 3.05) is 11.1 Å². The summed E-state index contributed by atoms with van der Waals surface area (Å²) in [5, 5.41) is 10.3. The molecule has 0 aliphatic heterocycles. The lowest BCUT2D eigenvalue weighted by Crippen LogP contribution is -2.17. The minimum atomic E-state index is -5.00. The highest BCUT2D eigenvalue weighted by Gasteiger charge is 2.37. The maximum absolute atomic E-state index is 12.9. The second kappa shape index (κ2) is 8.65. The number of nitrogens with zero attached hydrogens (tertiary/aromatic N) is 3. The van der Waals surface area contributed by atoms with Crippen LogP contribution in [0.3, 0.4) is 0 Å². The Morgan fingerprint density at radius 2 is 1.74 bits per heavy atom. The molecular weight excluding hydrogens is 450 g/mol. The van der Waals surface area contributed by atoms with Crippen LogP contribution in [0, 0.1) is 0 Å². The van der Waals surface area contributed by atoms with Crippen molar-refractivity contribution in [3.8, 4) is 11.6 Å². The number of carbonyl (C=O) groups excluding carboxylic acids is 1. The van der Waals surface area contributed by atoms with Crippen molar-refractivity contribution in [2.24, 2.45) is 0 Å². The zero-order chi connectivity index (χ0) is 22.8. The average Bonchev–Trinajstić information content (AvgIpc) is 3.33. The maximum Gasteiger partial charge on any atom is 0.416 e. The molecule has 2 aromatic heterocycles. The summed E-state index contributed by atoms with van der Waals surface area (Å²) < 4.78 is 84.5. The number of furan rings is 1. The number of thioether (sulfide) groups is 1. The lowest BCUT2D eigenvalue weighted by Gasteiger charge is -2.14. The van der Waals surface area contributed by atoms with Crippen LogP contribution in [-0.4, -0.2) is 26.4 Å². The molecule has 0 saturated carbocycles. The zero-order valence-electron chi connectivity index (χ0n) is 15.7. The van der Waals surface area contributed by atoms with Gasteiger partial charge in [-0.15, -0.1) is 10.2 Å².